The van der Waals surface area contributed by atoms with Gasteiger partial charge in [-0.25, -0.2) is 4.68 Å². The largest absolute Gasteiger partial charge is 0.297 e. The summed E-state index contributed by atoms with van der Waals surface area (Å²) in [6, 6.07) is 9.91. The average molecular weight is 303 g/mol. The molecule has 2 heterocycles. The van der Waals surface area contributed by atoms with Crippen LogP contribution in [-0.4, -0.2) is 34.1 Å². The van der Waals surface area contributed by atoms with Crippen LogP contribution < -0.4 is 0 Å². The Morgan fingerprint density at radius 1 is 1.14 bits per heavy atom. The van der Waals surface area contributed by atoms with Gasteiger partial charge in [-0.05, 0) is 38.3 Å². The predicted molar refractivity (Wildman–Crippen MR) is 86.3 cm³/mol. The first-order valence-corrected chi connectivity index (χ1v) is 7.73. The van der Waals surface area contributed by atoms with Gasteiger partial charge in [0.2, 0.25) is 0 Å². The third-order valence-electron chi connectivity index (χ3n) is 3.73. The summed E-state index contributed by atoms with van der Waals surface area (Å²) in [5, 5.41) is 11.8. The van der Waals surface area contributed by atoms with E-state index in [2.05, 4.69) is 15.2 Å². The number of hydrogen-bond donors (Lipinski definition) is 0. The summed E-state index contributed by atoms with van der Waals surface area (Å²) >= 11 is 6.47. The topological polar surface area (TPSA) is 33.4 Å². The molecule has 21 heavy (non-hydrogen) atoms. The molecule has 1 aromatic carbocycles. The number of para-hydroxylation sites is 1. The molecule has 0 spiro atoms. The van der Waals surface area contributed by atoms with E-state index in [1.54, 1.807) is 4.68 Å². The molecule has 2 aromatic rings. The van der Waals surface area contributed by atoms with Gasteiger partial charge in [0.05, 0.1) is 23.2 Å². The van der Waals surface area contributed by atoms with Gasteiger partial charge in [-0.2, -0.15) is 10.2 Å². The van der Waals surface area contributed by atoms with Gasteiger partial charge in [0.25, 0.3) is 0 Å². The van der Waals surface area contributed by atoms with Gasteiger partial charge in [0, 0.05) is 13.1 Å². The number of halogens is 1. The molecule has 3 rings (SSSR count). The minimum Gasteiger partial charge on any atom is -0.297 e. The van der Waals surface area contributed by atoms with Crippen LogP contribution in [0.5, 0.6) is 0 Å². The molecule has 0 saturated carbocycles. The molecule has 0 amide bonds. The highest BCUT2D eigenvalue weighted by Crippen LogP contribution is 2.22. The van der Waals surface area contributed by atoms with Gasteiger partial charge < -0.3 is 0 Å². The molecule has 110 valence electrons. The van der Waals surface area contributed by atoms with E-state index in [4.69, 9.17) is 11.6 Å². The van der Waals surface area contributed by atoms with Crippen molar-refractivity contribution in [1.29, 1.82) is 0 Å². The van der Waals surface area contributed by atoms with E-state index in [0.29, 0.717) is 5.15 Å². The van der Waals surface area contributed by atoms with Gasteiger partial charge in [0.1, 0.15) is 5.15 Å². The van der Waals surface area contributed by atoms with Crippen LogP contribution in [0, 0.1) is 6.92 Å². The maximum atomic E-state index is 6.47. The second kappa shape index (κ2) is 6.31. The lowest BCUT2D eigenvalue weighted by atomic mass is 10.2. The number of nitrogens with zero attached hydrogens (tertiary/aromatic N) is 4. The molecular weight excluding hydrogens is 284 g/mol. The quantitative estimate of drug-likeness (QED) is 0.811. The van der Waals surface area contributed by atoms with Crippen LogP contribution >= 0.6 is 11.6 Å². The molecule has 5 heteroatoms. The summed E-state index contributed by atoms with van der Waals surface area (Å²) < 4.78 is 1.76. The highest BCUT2D eigenvalue weighted by Gasteiger charge is 2.14. The van der Waals surface area contributed by atoms with Crippen LogP contribution in [0.15, 0.2) is 35.4 Å². The Bertz CT molecular complexity index is 627. The van der Waals surface area contributed by atoms with Crippen LogP contribution in [-0.2, 0) is 0 Å². The van der Waals surface area contributed by atoms with Crippen molar-refractivity contribution in [3.8, 4) is 5.69 Å². The van der Waals surface area contributed by atoms with E-state index in [9.17, 15) is 0 Å². The van der Waals surface area contributed by atoms with Crippen molar-refractivity contribution in [2.75, 3.05) is 13.1 Å². The number of hydrazone groups is 1. The summed E-state index contributed by atoms with van der Waals surface area (Å²) in [4.78, 5) is 0. The van der Waals surface area contributed by atoms with Crippen molar-refractivity contribution in [2.24, 2.45) is 5.10 Å². The van der Waals surface area contributed by atoms with Crippen molar-refractivity contribution in [3.05, 3.63) is 46.7 Å². The molecular formula is C16H19ClN4. The van der Waals surface area contributed by atoms with Gasteiger partial charge in [-0.1, -0.05) is 29.8 Å². The Morgan fingerprint density at radius 2 is 1.86 bits per heavy atom. The fraction of sp³-hybridized carbons (Fsp3) is 0.375. The van der Waals surface area contributed by atoms with Crippen molar-refractivity contribution < 1.29 is 0 Å². The third kappa shape index (κ3) is 3.10. The lowest BCUT2D eigenvalue weighted by Crippen LogP contribution is -2.24. The van der Waals surface area contributed by atoms with Crippen molar-refractivity contribution >= 4 is 17.8 Å². The number of aromatic nitrogens is 2. The molecule has 1 saturated heterocycles. The number of hydrogen-bond acceptors (Lipinski definition) is 3. The van der Waals surface area contributed by atoms with Crippen LogP contribution in [0.1, 0.15) is 30.5 Å². The first-order valence-electron chi connectivity index (χ1n) is 7.35. The minimum atomic E-state index is 0.611. The highest BCUT2D eigenvalue weighted by molar-refractivity contribution is 6.32. The fourth-order valence-electron chi connectivity index (χ4n) is 2.53. The summed E-state index contributed by atoms with van der Waals surface area (Å²) in [6.07, 6.45) is 5.58. The van der Waals surface area contributed by atoms with E-state index in [0.717, 1.165) is 30.0 Å². The summed E-state index contributed by atoms with van der Waals surface area (Å²) in [7, 11) is 0. The highest BCUT2D eigenvalue weighted by atomic mass is 35.5. The molecule has 4 nitrogen and oxygen atoms in total. The molecule has 0 N–H and O–H groups in total. The average Bonchev–Trinajstić information content (AvgIpc) is 2.82. The van der Waals surface area contributed by atoms with Crippen LogP contribution in [0.3, 0.4) is 0 Å². The number of benzene rings is 1. The molecule has 0 atom stereocenters. The second-order valence-corrected chi connectivity index (χ2v) is 5.65. The molecule has 1 aromatic heterocycles. The fourth-order valence-corrected chi connectivity index (χ4v) is 2.85. The molecule has 1 aliphatic heterocycles. The van der Waals surface area contributed by atoms with E-state index in [1.165, 1.54) is 19.3 Å². The normalized spacial score (nSPS) is 15.8. The molecule has 0 unspecified atom stereocenters. The third-order valence-corrected chi connectivity index (χ3v) is 4.10. The molecule has 0 radical (unpaired) electrons. The summed E-state index contributed by atoms with van der Waals surface area (Å²) in [6.45, 7) is 4.02. The van der Waals surface area contributed by atoms with Gasteiger partial charge in [-0.15, -0.1) is 0 Å². The minimum absolute atomic E-state index is 0.611. The van der Waals surface area contributed by atoms with Crippen LogP contribution in [0.2, 0.25) is 5.15 Å². The Morgan fingerprint density at radius 3 is 2.57 bits per heavy atom. The summed E-state index contributed by atoms with van der Waals surface area (Å²) in [5.41, 5.74) is 2.75. The zero-order chi connectivity index (χ0) is 14.7. The predicted octanol–water partition coefficient (Wildman–Crippen LogP) is 3.65. The Balaban J connectivity index is 1.86. The second-order valence-electron chi connectivity index (χ2n) is 5.30. The summed E-state index contributed by atoms with van der Waals surface area (Å²) in [5.74, 6) is 0. The standard InChI is InChI=1S/C16H19ClN4/c1-13-15(12-18-20-10-6-3-7-11-20)16(17)21(19-13)14-8-4-2-5-9-14/h2,4-5,8-9,12H,3,6-7,10-11H2,1H3. The Labute approximate surface area is 130 Å². The van der Waals surface area contributed by atoms with E-state index < -0.39 is 0 Å². The first kappa shape index (κ1) is 14.1. The monoisotopic (exact) mass is 302 g/mol. The van der Waals surface area contributed by atoms with E-state index >= 15 is 0 Å². The van der Waals surface area contributed by atoms with Crippen LogP contribution in [0.4, 0.5) is 0 Å². The van der Waals surface area contributed by atoms with Gasteiger partial charge >= 0.3 is 0 Å². The van der Waals surface area contributed by atoms with E-state index in [-0.39, 0.29) is 0 Å². The lowest BCUT2D eigenvalue weighted by molar-refractivity contribution is 0.240. The lowest BCUT2D eigenvalue weighted by Gasteiger charge is -2.23. The maximum absolute atomic E-state index is 6.47. The van der Waals surface area contributed by atoms with Crippen molar-refractivity contribution in [3.63, 3.8) is 0 Å². The number of piperidine rings is 1. The van der Waals surface area contributed by atoms with Gasteiger partial charge in [-0.3, -0.25) is 5.01 Å². The van der Waals surface area contributed by atoms with Crippen LogP contribution in [0.25, 0.3) is 5.69 Å². The molecule has 1 fully saturated rings. The maximum Gasteiger partial charge on any atom is 0.142 e. The Kier molecular flexibility index (Phi) is 4.25. The van der Waals surface area contributed by atoms with Crippen molar-refractivity contribution in [2.45, 2.75) is 26.2 Å². The van der Waals surface area contributed by atoms with Crippen molar-refractivity contribution in [1.82, 2.24) is 14.8 Å². The molecule has 0 aliphatic carbocycles. The molecule has 0 bridgehead atoms. The van der Waals surface area contributed by atoms with Gasteiger partial charge in [0.15, 0.2) is 0 Å². The van der Waals surface area contributed by atoms with E-state index in [1.807, 2.05) is 43.5 Å². The number of rotatable bonds is 3. The Hall–Kier alpha value is -1.81. The zero-order valence-electron chi connectivity index (χ0n) is 12.2. The zero-order valence-corrected chi connectivity index (χ0v) is 12.9. The number of aryl methyl sites for hydroxylation is 1. The SMILES string of the molecule is Cc1nn(-c2ccccc2)c(Cl)c1C=NN1CCCCC1. The molecule has 1 aliphatic rings. The smallest absolute Gasteiger partial charge is 0.142 e. The first-order chi connectivity index (χ1) is 10.3.